The summed E-state index contributed by atoms with van der Waals surface area (Å²) in [5, 5.41) is 11.3. The van der Waals surface area contributed by atoms with Gasteiger partial charge in [0.1, 0.15) is 5.69 Å². The molecule has 1 amide bonds. The Morgan fingerprint density at radius 3 is 3.17 bits per heavy atom. The molecule has 8 heteroatoms. The van der Waals surface area contributed by atoms with E-state index in [2.05, 4.69) is 43.9 Å². The Hall–Kier alpha value is -2.03. The molecule has 1 aliphatic heterocycles. The molecule has 0 radical (unpaired) electrons. The second-order valence-electron chi connectivity index (χ2n) is 5.75. The van der Waals surface area contributed by atoms with Crippen molar-refractivity contribution in [3.8, 4) is 0 Å². The van der Waals surface area contributed by atoms with Crippen molar-refractivity contribution in [3.63, 3.8) is 0 Å². The second-order valence-corrected chi connectivity index (χ2v) is 7.50. The molecule has 0 fully saturated rings. The Morgan fingerprint density at radius 2 is 2.38 bits per heavy atom. The third-order valence-corrected chi connectivity index (χ3v) is 5.52. The average Bonchev–Trinajstić information content (AvgIpc) is 3.32. The third-order valence-electron chi connectivity index (χ3n) is 4.08. The number of nitrogens with zero attached hydrogens (tertiary/aromatic N) is 4. The molecule has 1 unspecified atom stereocenters. The number of thiazole rings is 1. The van der Waals surface area contributed by atoms with E-state index in [0.29, 0.717) is 12.2 Å². The number of fused-ring (bicyclic) bond motifs is 1. The fourth-order valence-electron chi connectivity index (χ4n) is 2.98. The highest BCUT2D eigenvalue weighted by molar-refractivity contribution is 7.09. The molecule has 3 aromatic rings. The van der Waals surface area contributed by atoms with Crippen LogP contribution in [0.2, 0.25) is 0 Å². The van der Waals surface area contributed by atoms with Crippen LogP contribution in [0, 0.1) is 0 Å². The molecular weight excluding hydrogens is 342 g/mol. The molecule has 0 saturated carbocycles. The lowest BCUT2D eigenvalue weighted by Gasteiger charge is -2.33. The maximum Gasteiger partial charge on any atom is 0.270 e. The van der Waals surface area contributed by atoms with Crippen molar-refractivity contribution in [1.82, 2.24) is 25.0 Å². The first-order valence-electron chi connectivity index (χ1n) is 7.73. The summed E-state index contributed by atoms with van der Waals surface area (Å²) in [4.78, 5) is 19.9. The molecule has 1 aliphatic rings. The number of aromatic nitrogens is 3. The molecule has 0 bridgehead atoms. The summed E-state index contributed by atoms with van der Waals surface area (Å²) in [6, 6.07) is 6.43. The predicted molar refractivity (Wildman–Crippen MR) is 94.1 cm³/mol. The summed E-state index contributed by atoms with van der Waals surface area (Å²) in [6.07, 6.45) is 1.83. The summed E-state index contributed by atoms with van der Waals surface area (Å²) in [7, 11) is 0. The molecule has 0 aliphatic carbocycles. The lowest BCUT2D eigenvalue weighted by atomic mass is 10.2. The van der Waals surface area contributed by atoms with Gasteiger partial charge in [0.05, 0.1) is 17.2 Å². The minimum atomic E-state index is -0.125. The zero-order valence-corrected chi connectivity index (χ0v) is 14.6. The number of hydrogen-bond donors (Lipinski definition) is 1. The van der Waals surface area contributed by atoms with Crippen molar-refractivity contribution in [3.05, 3.63) is 56.9 Å². The monoisotopic (exact) mass is 359 g/mol. The van der Waals surface area contributed by atoms with Crippen molar-refractivity contribution in [2.75, 3.05) is 13.1 Å². The van der Waals surface area contributed by atoms with Crippen LogP contribution in [-0.2, 0) is 13.1 Å². The van der Waals surface area contributed by atoms with Gasteiger partial charge in [-0.3, -0.25) is 14.4 Å². The largest absolute Gasteiger partial charge is 0.348 e. The number of nitrogens with one attached hydrogen (secondary N) is 1. The summed E-state index contributed by atoms with van der Waals surface area (Å²) >= 11 is 3.20. The molecule has 4 heterocycles. The molecule has 0 spiro atoms. The first-order chi connectivity index (χ1) is 11.8. The molecule has 124 valence electrons. The number of rotatable bonds is 5. The molecule has 4 rings (SSSR count). The highest BCUT2D eigenvalue weighted by Crippen LogP contribution is 2.23. The fraction of sp³-hybridized carbons (Fsp3) is 0.312. The minimum absolute atomic E-state index is 0.125. The van der Waals surface area contributed by atoms with E-state index in [1.165, 1.54) is 21.9 Å². The predicted octanol–water partition coefficient (Wildman–Crippen LogP) is 2.39. The zero-order valence-electron chi connectivity index (χ0n) is 13.0. The topological polar surface area (TPSA) is 63.1 Å². The van der Waals surface area contributed by atoms with E-state index in [1.807, 2.05) is 10.9 Å². The van der Waals surface area contributed by atoms with Crippen LogP contribution in [0.3, 0.4) is 0 Å². The number of carbonyl (C=O) groups excluding carboxylic acids is 1. The Labute approximate surface area is 147 Å². The van der Waals surface area contributed by atoms with Crippen molar-refractivity contribution >= 4 is 28.6 Å². The highest BCUT2D eigenvalue weighted by Gasteiger charge is 2.26. The number of thiophene rings is 1. The van der Waals surface area contributed by atoms with E-state index in [1.54, 1.807) is 22.2 Å². The number of carbonyl (C=O) groups is 1. The van der Waals surface area contributed by atoms with E-state index >= 15 is 0 Å². The molecule has 0 saturated heterocycles. The number of hydrogen-bond acceptors (Lipinski definition) is 6. The van der Waals surface area contributed by atoms with Crippen molar-refractivity contribution < 1.29 is 4.79 Å². The van der Waals surface area contributed by atoms with Crippen molar-refractivity contribution in [1.29, 1.82) is 0 Å². The van der Waals surface area contributed by atoms with E-state index in [0.717, 1.165) is 19.6 Å². The SMILES string of the molecule is O=C(NCC1CN(Cc2cccs2)Cc2ccnn21)c1cscn1. The molecule has 0 aromatic carbocycles. The Bertz CT molecular complexity index is 796. The van der Waals surface area contributed by atoms with Gasteiger partial charge in [0, 0.05) is 42.6 Å². The highest BCUT2D eigenvalue weighted by atomic mass is 32.1. The van der Waals surface area contributed by atoms with Crippen LogP contribution in [0.25, 0.3) is 0 Å². The molecule has 6 nitrogen and oxygen atoms in total. The van der Waals surface area contributed by atoms with Crippen molar-refractivity contribution in [2.45, 2.75) is 19.1 Å². The van der Waals surface area contributed by atoms with Gasteiger partial charge >= 0.3 is 0 Å². The van der Waals surface area contributed by atoms with E-state index in [-0.39, 0.29) is 11.9 Å². The van der Waals surface area contributed by atoms with Crippen LogP contribution < -0.4 is 5.32 Å². The second kappa shape index (κ2) is 6.84. The average molecular weight is 359 g/mol. The normalized spacial score (nSPS) is 17.6. The van der Waals surface area contributed by atoms with E-state index < -0.39 is 0 Å². The zero-order chi connectivity index (χ0) is 16.4. The molecular formula is C16H17N5OS2. The lowest BCUT2D eigenvalue weighted by molar-refractivity contribution is 0.0928. The van der Waals surface area contributed by atoms with Gasteiger partial charge in [-0.2, -0.15) is 5.10 Å². The van der Waals surface area contributed by atoms with Gasteiger partial charge in [-0.15, -0.1) is 22.7 Å². The summed E-state index contributed by atoms with van der Waals surface area (Å²) in [5.41, 5.74) is 3.34. The molecule has 1 atom stereocenters. The minimum Gasteiger partial charge on any atom is -0.348 e. The van der Waals surface area contributed by atoms with Crippen LogP contribution in [0.4, 0.5) is 0 Å². The van der Waals surface area contributed by atoms with Gasteiger partial charge < -0.3 is 5.32 Å². The smallest absolute Gasteiger partial charge is 0.270 e. The van der Waals surface area contributed by atoms with E-state index in [4.69, 9.17) is 0 Å². The fourth-order valence-corrected chi connectivity index (χ4v) is 4.26. The quantitative estimate of drug-likeness (QED) is 0.760. The van der Waals surface area contributed by atoms with Crippen LogP contribution in [0.5, 0.6) is 0 Å². The molecule has 3 aromatic heterocycles. The van der Waals surface area contributed by atoms with E-state index in [9.17, 15) is 4.79 Å². The van der Waals surface area contributed by atoms with Gasteiger partial charge in [0.2, 0.25) is 0 Å². The van der Waals surface area contributed by atoms with Crippen LogP contribution in [0.1, 0.15) is 27.1 Å². The Balaban J connectivity index is 1.44. The molecule has 1 N–H and O–H groups in total. The van der Waals surface area contributed by atoms with Crippen molar-refractivity contribution in [2.24, 2.45) is 0 Å². The Morgan fingerprint density at radius 1 is 1.42 bits per heavy atom. The number of amides is 1. The molecule has 24 heavy (non-hydrogen) atoms. The van der Waals surface area contributed by atoms with Gasteiger partial charge in [-0.25, -0.2) is 4.98 Å². The third kappa shape index (κ3) is 3.26. The first-order valence-corrected chi connectivity index (χ1v) is 9.55. The summed E-state index contributed by atoms with van der Waals surface area (Å²) in [6.45, 7) is 3.23. The van der Waals surface area contributed by atoms with Gasteiger partial charge in [-0.1, -0.05) is 6.07 Å². The maximum atomic E-state index is 12.1. The first kappa shape index (κ1) is 15.5. The lowest BCUT2D eigenvalue weighted by Crippen LogP contribution is -2.42. The van der Waals surface area contributed by atoms with Crippen LogP contribution >= 0.6 is 22.7 Å². The van der Waals surface area contributed by atoms with Gasteiger partial charge in [-0.05, 0) is 17.5 Å². The standard InChI is InChI=1S/C16H17N5OS2/c22-16(15-10-23-11-18-15)17-6-13-8-20(9-14-2-1-5-24-14)7-12-3-4-19-21(12)13/h1-5,10-11,13H,6-9H2,(H,17,22). The van der Waals surface area contributed by atoms with Crippen LogP contribution in [-0.4, -0.2) is 38.7 Å². The maximum absolute atomic E-state index is 12.1. The Kier molecular flexibility index (Phi) is 4.42. The van der Waals surface area contributed by atoms with Crippen LogP contribution in [0.15, 0.2) is 40.7 Å². The van der Waals surface area contributed by atoms with Gasteiger partial charge in [0.25, 0.3) is 5.91 Å². The summed E-state index contributed by atoms with van der Waals surface area (Å²) < 4.78 is 2.03. The van der Waals surface area contributed by atoms with Gasteiger partial charge in [0.15, 0.2) is 0 Å². The summed E-state index contributed by atoms with van der Waals surface area (Å²) in [5.74, 6) is -0.125.